The Morgan fingerprint density at radius 2 is 1.49 bits per heavy atom. The fraction of sp³-hybridized carbons (Fsp3) is 0.161. The summed E-state index contributed by atoms with van der Waals surface area (Å²) in [6.45, 7) is 3.45. The molecular weight excluding hydrogens is 473 g/mol. The molecule has 5 nitrogen and oxygen atoms in total. The molecule has 0 aliphatic carbocycles. The van der Waals surface area contributed by atoms with Gasteiger partial charge in [0.25, 0.3) is 5.91 Å². The molecule has 1 heterocycles. The predicted molar refractivity (Wildman–Crippen MR) is 138 cm³/mol. The number of aliphatic carboxylic acids is 1. The summed E-state index contributed by atoms with van der Waals surface area (Å²) in [6.07, 6.45) is 4.15. The molecule has 180 valence electrons. The summed E-state index contributed by atoms with van der Waals surface area (Å²) < 4.78 is 6.74. The van der Waals surface area contributed by atoms with E-state index in [9.17, 15) is 14.7 Å². The van der Waals surface area contributed by atoms with Gasteiger partial charge in [-0.1, -0.05) is 86.6 Å². The summed E-state index contributed by atoms with van der Waals surface area (Å²) in [7, 11) is 0. The summed E-state index contributed by atoms with van der Waals surface area (Å²) in [6, 6.07) is 28.4. The van der Waals surface area contributed by atoms with Gasteiger partial charge in [-0.3, -0.25) is 4.79 Å². The third kappa shape index (κ3) is 5.08. The monoisotopic (exact) mass is 499 g/mol. The van der Waals surface area contributed by atoms with Crippen molar-refractivity contribution >= 4 is 28.7 Å². The second-order valence-electron chi connectivity index (χ2n) is 9.33. The van der Waals surface area contributed by atoms with Crippen LogP contribution < -0.4 is 44.7 Å². The number of carboxylic acids is 1. The number of benzene rings is 4. The first-order valence-corrected chi connectivity index (χ1v) is 12.0. The molecule has 1 aliphatic heterocycles. The number of hydrogen-bond donors (Lipinski definition) is 1. The fourth-order valence-electron chi connectivity index (χ4n) is 4.71. The molecule has 4 aromatic carbocycles. The summed E-state index contributed by atoms with van der Waals surface area (Å²) in [5, 5.41) is 15.8. The normalized spacial score (nSPS) is 14.2. The van der Waals surface area contributed by atoms with Gasteiger partial charge in [0.05, 0.1) is 12.0 Å². The van der Waals surface area contributed by atoms with Crippen LogP contribution in [0.25, 0.3) is 16.8 Å². The Bertz CT molecular complexity index is 1430. The first-order chi connectivity index (χ1) is 17.4. The Balaban J connectivity index is 0.00000320. The number of rotatable bonds is 6. The molecule has 1 atom stereocenters. The van der Waals surface area contributed by atoms with Gasteiger partial charge in [0.15, 0.2) is 5.60 Å². The van der Waals surface area contributed by atoms with E-state index in [1.807, 2.05) is 54.6 Å². The number of carbonyl (C=O) groups is 2. The fourth-order valence-corrected chi connectivity index (χ4v) is 4.71. The predicted octanol–water partition coefficient (Wildman–Crippen LogP) is 1.70. The summed E-state index contributed by atoms with van der Waals surface area (Å²) >= 11 is 0. The van der Waals surface area contributed by atoms with Crippen molar-refractivity contribution in [1.82, 2.24) is 5.32 Å². The van der Waals surface area contributed by atoms with Crippen LogP contribution in [-0.4, -0.2) is 17.9 Å². The van der Waals surface area contributed by atoms with Crippen molar-refractivity contribution in [2.75, 3.05) is 0 Å². The Hall–Kier alpha value is -3.38. The molecule has 0 aromatic heterocycles. The van der Waals surface area contributed by atoms with Crippen molar-refractivity contribution in [3.8, 4) is 5.75 Å². The van der Waals surface area contributed by atoms with Crippen molar-refractivity contribution in [2.24, 2.45) is 5.92 Å². The molecule has 1 amide bonds. The minimum absolute atomic E-state index is 0. The first kappa shape index (κ1) is 26.7. The topological polar surface area (TPSA) is 78.5 Å². The second kappa shape index (κ2) is 10.9. The molecule has 37 heavy (non-hydrogen) atoms. The van der Waals surface area contributed by atoms with Crippen molar-refractivity contribution in [3.05, 3.63) is 119 Å². The van der Waals surface area contributed by atoms with Gasteiger partial charge >= 0.3 is 29.6 Å². The van der Waals surface area contributed by atoms with Gasteiger partial charge in [0.2, 0.25) is 0 Å². The van der Waals surface area contributed by atoms with E-state index in [0.29, 0.717) is 5.56 Å². The van der Waals surface area contributed by atoms with E-state index in [-0.39, 0.29) is 35.5 Å². The molecule has 6 heteroatoms. The molecule has 0 unspecified atom stereocenters. The van der Waals surface area contributed by atoms with Gasteiger partial charge in [-0.15, -0.1) is 0 Å². The molecule has 5 rings (SSSR count). The van der Waals surface area contributed by atoms with Crippen LogP contribution in [0, 0.1) is 5.92 Å². The van der Waals surface area contributed by atoms with E-state index in [1.54, 1.807) is 26.0 Å². The molecule has 0 fully saturated rings. The van der Waals surface area contributed by atoms with Crippen molar-refractivity contribution in [1.29, 1.82) is 0 Å². The minimum atomic E-state index is -1.30. The summed E-state index contributed by atoms with van der Waals surface area (Å²) in [5.41, 5.74) is 2.60. The Morgan fingerprint density at radius 3 is 2.05 bits per heavy atom. The molecule has 0 saturated heterocycles. The number of carbonyl (C=O) groups excluding carboxylic acids is 2. The van der Waals surface area contributed by atoms with Crippen molar-refractivity contribution in [2.45, 2.75) is 25.5 Å². The SMILES string of the molecule is CC(C)[C@H](NC(=O)c1ccc2c3c(ccc2c1)OC(c1ccccc1)(c1ccccc1)C=C3)C(=O)[O-].[Na+]. The van der Waals surface area contributed by atoms with E-state index in [1.165, 1.54) is 0 Å². The molecule has 1 N–H and O–H groups in total. The third-order valence-corrected chi connectivity index (χ3v) is 6.65. The summed E-state index contributed by atoms with van der Waals surface area (Å²) in [5.74, 6) is -1.29. The van der Waals surface area contributed by atoms with Crippen LogP contribution in [0.4, 0.5) is 0 Å². The molecule has 0 spiro atoms. The van der Waals surface area contributed by atoms with Crippen LogP contribution >= 0.6 is 0 Å². The zero-order chi connectivity index (χ0) is 25.3. The zero-order valence-electron chi connectivity index (χ0n) is 21.1. The van der Waals surface area contributed by atoms with Gasteiger partial charge < -0.3 is 20.0 Å². The van der Waals surface area contributed by atoms with Gasteiger partial charge in [-0.2, -0.15) is 0 Å². The van der Waals surface area contributed by atoms with E-state index in [2.05, 4.69) is 41.7 Å². The van der Waals surface area contributed by atoms with Crippen molar-refractivity contribution < 1.29 is 49.0 Å². The maximum absolute atomic E-state index is 12.8. The van der Waals surface area contributed by atoms with Gasteiger partial charge in [-0.05, 0) is 47.0 Å². The number of hydrogen-bond acceptors (Lipinski definition) is 4. The van der Waals surface area contributed by atoms with Crippen LogP contribution in [0.2, 0.25) is 0 Å². The van der Waals surface area contributed by atoms with Crippen LogP contribution in [0.5, 0.6) is 5.75 Å². The maximum atomic E-state index is 12.8. The van der Waals surface area contributed by atoms with Crippen molar-refractivity contribution in [3.63, 3.8) is 0 Å². The van der Waals surface area contributed by atoms with Gasteiger partial charge in [0.1, 0.15) is 5.75 Å². The number of nitrogens with one attached hydrogen (secondary N) is 1. The Labute approximate surface area is 238 Å². The Morgan fingerprint density at radius 1 is 0.865 bits per heavy atom. The van der Waals surface area contributed by atoms with Crippen LogP contribution in [0.15, 0.2) is 97.1 Å². The molecule has 0 saturated carbocycles. The number of amides is 1. The van der Waals surface area contributed by atoms with E-state index >= 15 is 0 Å². The van der Waals surface area contributed by atoms with Crippen LogP contribution in [-0.2, 0) is 10.4 Å². The molecule has 0 bridgehead atoms. The average molecular weight is 500 g/mol. The molecule has 1 aliphatic rings. The Kier molecular flexibility index (Phi) is 7.88. The van der Waals surface area contributed by atoms with Gasteiger partial charge in [0, 0.05) is 22.3 Å². The minimum Gasteiger partial charge on any atom is -0.548 e. The van der Waals surface area contributed by atoms with Gasteiger partial charge in [-0.25, -0.2) is 0 Å². The zero-order valence-corrected chi connectivity index (χ0v) is 23.1. The molecule has 0 radical (unpaired) electrons. The largest absolute Gasteiger partial charge is 1.00 e. The van der Waals surface area contributed by atoms with Crippen LogP contribution in [0.1, 0.15) is 40.9 Å². The van der Waals surface area contributed by atoms with E-state index < -0.39 is 23.5 Å². The van der Waals surface area contributed by atoms with Crippen LogP contribution in [0.3, 0.4) is 0 Å². The smallest absolute Gasteiger partial charge is 0.548 e. The molecular formula is C31H26NNaO4. The quantitative estimate of drug-likeness (QED) is 0.410. The van der Waals surface area contributed by atoms with E-state index in [4.69, 9.17) is 4.74 Å². The number of fused-ring (bicyclic) bond motifs is 3. The number of carboxylic acid groups (broad SMARTS) is 1. The average Bonchev–Trinajstić information content (AvgIpc) is 2.91. The first-order valence-electron chi connectivity index (χ1n) is 12.0. The summed E-state index contributed by atoms with van der Waals surface area (Å²) in [4.78, 5) is 24.1. The maximum Gasteiger partial charge on any atom is 1.00 e. The number of ether oxygens (including phenoxy) is 1. The third-order valence-electron chi connectivity index (χ3n) is 6.65. The molecule has 4 aromatic rings. The van der Waals surface area contributed by atoms with E-state index in [0.717, 1.165) is 33.2 Å². The standard InChI is InChI=1S/C31H27NO4.Na/c1-20(2)28(30(34)35)32-29(33)22-13-15-25-21(19-22)14-16-27-26(25)17-18-31(36-27,23-9-5-3-6-10-23)24-11-7-4-8-12-24;/h3-20,28H,1-2H3,(H,32,33)(H,34,35);/q;+1/p-1/t28-;/m0./s1. The second-order valence-corrected chi connectivity index (χ2v) is 9.33.